The number of nitrogens with zero attached hydrogens (tertiary/aromatic N) is 3. The van der Waals surface area contributed by atoms with E-state index in [2.05, 4.69) is 39.4 Å². The monoisotopic (exact) mass is 298 g/mol. The maximum Gasteiger partial charge on any atom is 0.139 e. The molecule has 1 unspecified atom stereocenters. The molecule has 0 radical (unpaired) electrons. The van der Waals surface area contributed by atoms with Crippen LogP contribution < -0.4 is 5.32 Å². The molecule has 0 bridgehead atoms. The normalized spacial score (nSPS) is 17.1. The van der Waals surface area contributed by atoms with Gasteiger partial charge in [-0.15, -0.1) is 0 Å². The van der Waals surface area contributed by atoms with Crippen LogP contribution in [0.25, 0.3) is 5.82 Å². The van der Waals surface area contributed by atoms with Crippen molar-refractivity contribution < 1.29 is 0 Å². The van der Waals surface area contributed by atoms with Gasteiger partial charge in [0, 0.05) is 36.1 Å². The zero-order chi connectivity index (χ0) is 14.4. The van der Waals surface area contributed by atoms with Gasteiger partial charge < -0.3 is 9.88 Å². The molecule has 2 aromatic heterocycles. The van der Waals surface area contributed by atoms with Crippen LogP contribution >= 0.6 is 11.6 Å². The van der Waals surface area contributed by atoms with E-state index in [1.54, 1.807) is 0 Å². The van der Waals surface area contributed by atoms with Gasteiger partial charge >= 0.3 is 0 Å². The van der Waals surface area contributed by atoms with E-state index in [-0.39, 0.29) is 6.04 Å². The molecular formula is C16H15ClN4. The minimum atomic E-state index is 0.0705. The minimum absolute atomic E-state index is 0.0705. The topological polar surface area (TPSA) is 34.8 Å². The number of nitrogens with one attached hydrogen (secondary N) is 1. The Balaban J connectivity index is 1.91. The Bertz CT molecular complexity index is 802. The van der Waals surface area contributed by atoms with Crippen LogP contribution in [0.3, 0.4) is 0 Å². The summed E-state index contributed by atoms with van der Waals surface area (Å²) in [5.41, 5.74) is 3.45. The molecule has 1 aliphatic rings. The lowest BCUT2D eigenvalue weighted by atomic mass is 10.0. The molecule has 0 amide bonds. The quantitative estimate of drug-likeness (QED) is 0.749. The average molecular weight is 299 g/mol. The maximum absolute atomic E-state index is 6.39. The van der Waals surface area contributed by atoms with E-state index in [9.17, 15) is 0 Å². The van der Waals surface area contributed by atoms with E-state index in [1.165, 1.54) is 11.3 Å². The number of hydrogen-bond donors (Lipinski definition) is 1. The van der Waals surface area contributed by atoms with E-state index in [4.69, 9.17) is 11.6 Å². The first-order valence-corrected chi connectivity index (χ1v) is 7.30. The number of aryl methyl sites for hydroxylation is 1. The molecule has 1 aliphatic heterocycles. The zero-order valence-electron chi connectivity index (χ0n) is 11.6. The summed E-state index contributed by atoms with van der Waals surface area (Å²) in [6.07, 6.45) is 3.99. The number of fused-ring (bicyclic) bond motifs is 3. The molecule has 0 spiro atoms. The summed E-state index contributed by atoms with van der Waals surface area (Å²) in [7, 11) is 1.97. The highest BCUT2D eigenvalue weighted by molar-refractivity contribution is 6.31. The van der Waals surface area contributed by atoms with Crippen molar-refractivity contribution in [2.45, 2.75) is 12.6 Å². The predicted octanol–water partition coefficient (Wildman–Crippen LogP) is 3.06. The zero-order valence-corrected chi connectivity index (χ0v) is 12.4. The fraction of sp³-hybridized carbons (Fsp3) is 0.188. The summed E-state index contributed by atoms with van der Waals surface area (Å²) in [4.78, 5) is 0. The van der Waals surface area contributed by atoms with Gasteiger partial charge in [0.25, 0.3) is 0 Å². The molecule has 0 saturated heterocycles. The van der Waals surface area contributed by atoms with Gasteiger partial charge in [0.1, 0.15) is 5.82 Å². The largest absolute Gasteiger partial charge is 0.304 e. The lowest BCUT2D eigenvalue weighted by Crippen LogP contribution is -2.21. The maximum atomic E-state index is 6.39. The molecule has 21 heavy (non-hydrogen) atoms. The van der Waals surface area contributed by atoms with Crippen molar-refractivity contribution in [2.75, 3.05) is 0 Å². The average Bonchev–Trinajstić information content (AvgIpc) is 3.05. The molecule has 3 aromatic rings. The van der Waals surface area contributed by atoms with Crippen molar-refractivity contribution in [3.63, 3.8) is 0 Å². The first kappa shape index (κ1) is 12.7. The molecule has 0 fully saturated rings. The Morgan fingerprint density at radius 3 is 2.95 bits per heavy atom. The van der Waals surface area contributed by atoms with Crippen LogP contribution in [0.15, 0.2) is 48.8 Å². The third-order valence-corrected chi connectivity index (χ3v) is 4.34. The minimum Gasteiger partial charge on any atom is -0.304 e. The predicted molar refractivity (Wildman–Crippen MR) is 82.7 cm³/mol. The van der Waals surface area contributed by atoms with Crippen molar-refractivity contribution >= 4 is 11.6 Å². The van der Waals surface area contributed by atoms with Crippen molar-refractivity contribution in [3.8, 4) is 5.82 Å². The van der Waals surface area contributed by atoms with Crippen molar-refractivity contribution in [1.82, 2.24) is 19.7 Å². The Labute approximate surface area is 128 Å². The van der Waals surface area contributed by atoms with E-state index in [0.29, 0.717) is 0 Å². The molecule has 3 heterocycles. The van der Waals surface area contributed by atoms with Crippen LogP contribution in [0.4, 0.5) is 0 Å². The summed E-state index contributed by atoms with van der Waals surface area (Å²) < 4.78 is 4.10. The molecule has 0 aliphatic carbocycles. The van der Waals surface area contributed by atoms with Crippen LogP contribution in [0, 0.1) is 0 Å². The fourth-order valence-electron chi connectivity index (χ4n) is 3.03. The number of aromatic nitrogens is 3. The van der Waals surface area contributed by atoms with Gasteiger partial charge in [-0.05, 0) is 23.8 Å². The Kier molecular flexibility index (Phi) is 2.87. The van der Waals surface area contributed by atoms with Gasteiger partial charge in [-0.3, -0.25) is 4.68 Å². The highest BCUT2D eigenvalue weighted by Gasteiger charge is 2.25. The lowest BCUT2D eigenvalue weighted by molar-refractivity contribution is 0.597. The van der Waals surface area contributed by atoms with Crippen molar-refractivity contribution in [3.05, 3.63) is 70.6 Å². The molecule has 1 N–H and O–H groups in total. The lowest BCUT2D eigenvalue weighted by Gasteiger charge is -2.19. The first-order chi connectivity index (χ1) is 10.3. The first-order valence-electron chi connectivity index (χ1n) is 6.92. The van der Waals surface area contributed by atoms with Gasteiger partial charge in [-0.25, -0.2) is 0 Å². The van der Waals surface area contributed by atoms with E-state index < -0.39 is 0 Å². The van der Waals surface area contributed by atoms with Gasteiger partial charge in [-0.2, -0.15) is 5.10 Å². The molecule has 4 rings (SSSR count). The molecule has 5 heteroatoms. The molecule has 1 aromatic carbocycles. The number of halogens is 1. The molecular weight excluding hydrogens is 284 g/mol. The summed E-state index contributed by atoms with van der Waals surface area (Å²) in [5.74, 6) is 1.11. The van der Waals surface area contributed by atoms with E-state index in [1.807, 2.05) is 36.1 Å². The Morgan fingerprint density at radius 1 is 1.24 bits per heavy atom. The summed E-state index contributed by atoms with van der Waals surface area (Å²) in [6, 6.07) is 12.3. The second-order valence-electron chi connectivity index (χ2n) is 5.26. The number of rotatable bonds is 1. The van der Waals surface area contributed by atoms with Gasteiger partial charge in [0.2, 0.25) is 0 Å². The van der Waals surface area contributed by atoms with Gasteiger partial charge in [0.05, 0.1) is 12.2 Å². The Hall–Kier alpha value is -2.04. The van der Waals surface area contributed by atoms with Gasteiger partial charge in [0.15, 0.2) is 0 Å². The highest BCUT2D eigenvalue weighted by atomic mass is 35.5. The second-order valence-corrected chi connectivity index (χ2v) is 5.66. The molecule has 4 nitrogen and oxygen atoms in total. The molecule has 0 saturated carbocycles. The molecule has 106 valence electrons. The third kappa shape index (κ3) is 1.91. The van der Waals surface area contributed by atoms with Gasteiger partial charge in [-0.1, -0.05) is 29.8 Å². The van der Waals surface area contributed by atoms with Crippen molar-refractivity contribution in [1.29, 1.82) is 0 Å². The SMILES string of the molecule is Cn1ncc2c1-n1cccc1C(c1ccccc1Cl)NC2. The van der Waals surface area contributed by atoms with Crippen LogP contribution in [-0.4, -0.2) is 14.3 Å². The standard InChI is InChI=1S/C16H15ClN4/c1-20-16-11(10-19-20)9-18-15(14-7-4-8-21(14)16)12-5-2-3-6-13(12)17/h2-8,10,15,18H,9H2,1H3. The smallest absolute Gasteiger partial charge is 0.139 e. The van der Waals surface area contributed by atoms with E-state index >= 15 is 0 Å². The Morgan fingerprint density at radius 2 is 2.10 bits per heavy atom. The van der Waals surface area contributed by atoms with Crippen LogP contribution in [-0.2, 0) is 13.6 Å². The summed E-state index contributed by atoms with van der Waals surface area (Å²) in [5, 5.41) is 8.74. The summed E-state index contributed by atoms with van der Waals surface area (Å²) >= 11 is 6.39. The molecule has 1 atom stereocenters. The third-order valence-electron chi connectivity index (χ3n) is 4.00. The van der Waals surface area contributed by atoms with Crippen LogP contribution in [0.1, 0.15) is 22.9 Å². The van der Waals surface area contributed by atoms with Crippen molar-refractivity contribution in [2.24, 2.45) is 7.05 Å². The number of hydrogen-bond acceptors (Lipinski definition) is 2. The second kappa shape index (κ2) is 4.76. The fourth-order valence-corrected chi connectivity index (χ4v) is 3.27. The summed E-state index contributed by atoms with van der Waals surface area (Å²) in [6.45, 7) is 0.765. The number of benzene rings is 1. The highest BCUT2D eigenvalue weighted by Crippen LogP contribution is 2.33. The van der Waals surface area contributed by atoms with Crippen LogP contribution in [0.2, 0.25) is 5.02 Å². The van der Waals surface area contributed by atoms with Crippen LogP contribution in [0.5, 0.6) is 0 Å². The van der Waals surface area contributed by atoms with E-state index in [0.717, 1.165) is 22.9 Å².